The van der Waals surface area contributed by atoms with Crippen molar-refractivity contribution in [3.63, 3.8) is 0 Å². The quantitative estimate of drug-likeness (QED) is 0.410. The van der Waals surface area contributed by atoms with Crippen LogP contribution >= 0.6 is 24.0 Å². The monoisotopic (exact) mass is 403 g/mol. The molecule has 2 rings (SSSR count). The average molecular weight is 403 g/mol. The van der Waals surface area contributed by atoms with E-state index >= 15 is 0 Å². The lowest BCUT2D eigenvalue weighted by molar-refractivity contribution is 0.0575. The Morgan fingerprint density at radius 1 is 1.38 bits per heavy atom. The van der Waals surface area contributed by atoms with Crippen molar-refractivity contribution < 1.29 is 5.11 Å². The molecule has 0 amide bonds. The van der Waals surface area contributed by atoms with Gasteiger partial charge in [-0.05, 0) is 36.5 Å². The number of aliphatic hydroxyl groups is 1. The van der Waals surface area contributed by atoms with Gasteiger partial charge in [-0.3, -0.25) is 4.99 Å². The topological polar surface area (TPSA) is 70.6 Å². The SMILES string of the molecule is CC(C)c1cccc(NC(N)=NCC2(O)CCCC2)c1.I. The number of nitrogens with one attached hydrogen (secondary N) is 1. The highest BCUT2D eigenvalue weighted by molar-refractivity contribution is 14.0. The van der Waals surface area contributed by atoms with Gasteiger partial charge in [-0.25, -0.2) is 0 Å². The molecule has 0 radical (unpaired) electrons. The molecule has 0 aliphatic heterocycles. The summed E-state index contributed by atoms with van der Waals surface area (Å²) in [4.78, 5) is 4.28. The molecule has 0 saturated heterocycles. The number of benzene rings is 1. The second kappa shape index (κ2) is 7.98. The fourth-order valence-electron chi connectivity index (χ4n) is 2.59. The van der Waals surface area contributed by atoms with Gasteiger partial charge in [0, 0.05) is 5.69 Å². The summed E-state index contributed by atoms with van der Waals surface area (Å²) in [7, 11) is 0. The first-order valence-electron chi connectivity index (χ1n) is 7.38. The zero-order valence-electron chi connectivity index (χ0n) is 12.8. The number of aliphatic imine (C=N–C) groups is 1. The zero-order chi connectivity index (χ0) is 14.6. The molecule has 0 bridgehead atoms. The van der Waals surface area contributed by atoms with Crippen LogP contribution in [0.1, 0.15) is 51.0 Å². The molecule has 1 saturated carbocycles. The highest BCUT2D eigenvalue weighted by atomic mass is 127. The van der Waals surface area contributed by atoms with Gasteiger partial charge in [0.2, 0.25) is 0 Å². The Morgan fingerprint density at radius 3 is 2.67 bits per heavy atom. The standard InChI is InChI=1S/C16H25N3O.HI/c1-12(2)13-6-5-7-14(10-13)19-15(17)18-11-16(20)8-3-4-9-16;/h5-7,10,12,20H,3-4,8-9,11H2,1-2H3,(H3,17,18,19);1H. The Bertz CT molecular complexity index is 482. The summed E-state index contributed by atoms with van der Waals surface area (Å²) < 4.78 is 0. The van der Waals surface area contributed by atoms with E-state index in [9.17, 15) is 5.11 Å². The van der Waals surface area contributed by atoms with Crippen LogP contribution in [0, 0.1) is 0 Å². The molecule has 1 aromatic rings. The van der Waals surface area contributed by atoms with Gasteiger partial charge in [0.15, 0.2) is 5.96 Å². The number of hydrogen-bond acceptors (Lipinski definition) is 2. The summed E-state index contributed by atoms with van der Waals surface area (Å²) in [5.74, 6) is 0.848. The van der Waals surface area contributed by atoms with Gasteiger partial charge in [-0.2, -0.15) is 0 Å². The van der Waals surface area contributed by atoms with Gasteiger partial charge >= 0.3 is 0 Å². The van der Waals surface area contributed by atoms with Crippen molar-refractivity contribution in [2.24, 2.45) is 10.7 Å². The molecule has 0 unspecified atom stereocenters. The minimum Gasteiger partial charge on any atom is -0.388 e. The molecule has 0 spiro atoms. The summed E-state index contributed by atoms with van der Waals surface area (Å²) >= 11 is 0. The molecule has 1 aromatic carbocycles. The van der Waals surface area contributed by atoms with Crippen LogP contribution in [-0.4, -0.2) is 23.2 Å². The molecular formula is C16H26IN3O. The summed E-state index contributed by atoms with van der Waals surface area (Å²) in [5, 5.41) is 13.3. The van der Waals surface area contributed by atoms with E-state index in [1.807, 2.05) is 12.1 Å². The lowest BCUT2D eigenvalue weighted by Gasteiger charge is -2.19. The fraction of sp³-hybridized carbons (Fsp3) is 0.562. The maximum atomic E-state index is 10.2. The summed E-state index contributed by atoms with van der Waals surface area (Å²) in [6, 6.07) is 8.16. The summed E-state index contributed by atoms with van der Waals surface area (Å²) in [6.45, 7) is 4.70. The van der Waals surface area contributed by atoms with Crippen molar-refractivity contribution in [2.75, 3.05) is 11.9 Å². The molecule has 0 atom stereocenters. The van der Waals surface area contributed by atoms with Crippen molar-refractivity contribution in [1.82, 2.24) is 0 Å². The highest BCUT2D eigenvalue weighted by Crippen LogP contribution is 2.29. The second-order valence-electron chi connectivity index (χ2n) is 6.04. The number of nitrogens with zero attached hydrogens (tertiary/aromatic N) is 1. The third-order valence-corrected chi connectivity index (χ3v) is 3.90. The molecule has 118 valence electrons. The van der Waals surface area contributed by atoms with E-state index < -0.39 is 5.60 Å². The molecule has 21 heavy (non-hydrogen) atoms. The Kier molecular flexibility index (Phi) is 6.93. The predicted octanol–water partition coefficient (Wildman–Crippen LogP) is 3.46. The highest BCUT2D eigenvalue weighted by Gasteiger charge is 2.30. The maximum Gasteiger partial charge on any atom is 0.193 e. The van der Waals surface area contributed by atoms with E-state index in [0.717, 1.165) is 31.4 Å². The third kappa shape index (κ3) is 5.47. The smallest absolute Gasteiger partial charge is 0.193 e. The van der Waals surface area contributed by atoms with E-state index in [-0.39, 0.29) is 24.0 Å². The van der Waals surface area contributed by atoms with E-state index in [2.05, 4.69) is 36.3 Å². The molecule has 1 aliphatic carbocycles. The molecule has 0 heterocycles. The number of hydrogen-bond donors (Lipinski definition) is 3. The van der Waals surface area contributed by atoms with E-state index in [1.54, 1.807) is 0 Å². The average Bonchev–Trinajstić information content (AvgIpc) is 2.84. The van der Waals surface area contributed by atoms with Gasteiger partial charge in [-0.15, -0.1) is 24.0 Å². The number of nitrogens with two attached hydrogens (primary N) is 1. The maximum absolute atomic E-state index is 10.2. The van der Waals surface area contributed by atoms with Crippen molar-refractivity contribution in [3.8, 4) is 0 Å². The molecule has 4 nitrogen and oxygen atoms in total. The van der Waals surface area contributed by atoms with Gasteiger partial charge in [0.25, 0.3) is 0 Å². The van der Waals surface area contributed by atoms with Crippen molar-refractivity contribution in [1.29, 1.82) is 0 Å². The van der Waals surface area contributed by atoms with Gasteiger partial charge < -0.3 is 16.2 Å². The Morgan fingerprint density at radius 2 is 2.05 bits per heavy atom. The van der Waals surface area contributed by atoms with Crippen LogP contribution in [0.25, 0.3) is 0 Å². The predicted molar refractivity (Wildman–Crippen MR) is 99.5 cm³/mol. The first-order valence-corrected chi connectivity index (χ1v) is 7.38. The van der Waals surface area contributed by atoms with Crippen LogP contribution in [0.4, 0.5) is 5.69 Å². The van der Waals surface area contributed by atoms with Crippen LogP contribution in [-0.2, 0) is 0 Å². The lowest BCUT2D eigenvalue weighted by Crippen LogP contribution is -2.31. The van der Waals surface area contributed by atoms with Crippen molar-refractivity contribution in [3.05, 3.63) is 29.8 Å². The molecular weight excluding hydrogens is 377 g/mol. The minimum absolute atomic E-state index is 0. The van der Waals surface area contributed by atoms with E-state index in [0.29, 0.717) is 18.4 Å². The molecule has 1 aliphatic rings. The van der Waals surface area contributed by atoms with E-state index in [1.165, 1.54) is 5.56 Å². The number of anilines is 1. The number of rotatable bonds is 4. The van der Waals surface area contributed by atoms with Crippen LogP contribution in [0.3, 0.4) is 0 Å². The minimum atomic E-state index is -0.647. The normalized spacial score (nSPS) is 17.6. The molecule has 4 N–H and O–H groups in total. The summed E-state index contributed by atoms with van der Waals surface area (Å²) in [5.41, 5.74) is 7.45. The number of guanidine groups is 1. The molecule has 5 heteroatoms. The van der Waals surface area contributed by atoms with Crippen LogP contribution in [0.5, 0.6) is 0 Å². The second-order valence-corrected chi connectivity index (χ2v) is 6.04. The Labute approximate surface area is 144 Å². The third-order valence-electron chi connectivity index (χ3n) is 3.90. The Balaban J connectivity index is 0.00000220. The van der Waals surface area contributed by atoms with Crippen molar-refractivity contribution in [2.45, 2.75) is 51.0 Å². The van der Waals surface area contributed by atoms with Crippen LogP contribution in [0.2, 0.25) is 0 Å². The Hall–Kier alpha value is -0.820. The first kappa shape index (κ1) is 18.2. The van der Waals surface area contributed by atoms with Gasteiger partial charge in [0.05, 0.1) is 12.1 Å². The van der Waals surface area contributed by atoms with Gasteiger partial charge in [-0.1, -0.05) is 38.8 Å². The number of halogens is 1. The lowest BCUT2D eigenvalue weighted by atomic mass is 10.0. The first-order chi connectivity index (χ1) is 9.48. The van der Waals surface area contributed by atoms with Crippen LogP contribution in [0.15, 0.2) is 29.3 Å². The fourth-order valence-corrected chi connectivity index (χ4v) is 2.59. The van der Waals surface area contributed by atoms with Gasteiger partial charge in [0.1, 0.15) is 0 Å². The van der Waals surface area contributed by atoms with Crippen molar-refractivity contribution >= 4 is 35.6 Å². The van der Waals surface area contributed by atoms with Crippen LogP contribution < -0.4 is 11.1 Å². The van der Waals surface area contributed by atoms with E-state index in [4.69, 9.17) is 5.73 Å². The summed E-state index contributed by atoms with van der Waals surface area (Å²) in [6.07, 6.45) is 3.81. The molecule has 0 aromatic heterocycles. The largest absolute Gasteiger partial charge is 0.388 e. The zero-order valence-corrected chi connectivity index (χ0v) is 15.1. The molecule has 1 fully saturated rings.